The summed E-state index contributed by atoms with van der Waals surface area (Å²) < 4.78 is 38.6. The van der Waals surface area contributed by atoms with Crippen molar-refractivity contribution in [2.45, 2.75) is 24.9 Å². The number of hydrogen-bond donors (Lipinski definition) is 1. The summed E-state index contributed by atoms with van der Waals surface area (Å²) in [5.41, 5.74) is 0.915. The van der Waals surface area contributed by atoms with E-state index < -0.39 is 11.7 Å². The second kappa shape index (κ2) is 5.16. The number of hydrogen-bond acceptors (Lipinski definition) is 2. The highest BCUT2D eigenvalue weighted by molar-refractivity contribution is 5.99. The predicted octanol–water partition coefficient (Wildman–Crippen LogP) is 4.52. The Kier molecular flexibility index (Phi) is 3.43. The maximum atomic E-state index is 12.9. The van der Waals surface area contributed by atoms with E-state index in [9.17, 15) is 23.1 Å². The van der Waals surface area contributed by atoms with Crippen molar-refractivity contribution < 1.29 is 23.1 Å². The van der Waals surface area contributed by atoms with Crippen molar-refractivity contribution >= 4 is 5.78 Å². The number of phenolic OH excluding ortho intramolecular Hbond substituents is 1. The second-order valence-corrected chi connectivity index (χ2v) is 5.41. The number of halogens is 3. The van der Waals surface area contributed by atoms with Crippen molar-refractivity contribution in [2.24, 2.45) is 0 Å². The van der Waals surface area contributed by atoms with Crippen LogP contribution in [-0.4, -0.2) is 10.9 Å². The zero-order valence-electron chi connectivity index (χ0n) is 11.5. The van der Waals surface area contributed by atoms with Crippen LogP contribution in [0.1, 0.15) is 45.8 Å². The van der Waals surface area contributed by atoms with Crippen molar-refractivity contribution in [3.63, 3.8) is 0 Å². The molecular weight excluding hydrogens is 293 g/mol. The summed E-state index contributed by atoms with van der Waals surface area (Å²) in [5.74, 6) is -0.374. The van der Waals surface area contributed by atoms with Gasteiger partial charge in [-0.3, -0.25) is 4.79 Å². The lowest BCUT2D eigenvalue weighted by Gasteiger charge is -2.25. The van der Waals surface area contributed by atoms with Gasteiger partial charge in [0.05, 0.1) is 5.56 Å². The van der Waals surface area contributed by atoms with Crippen LogP contribution in [0.25, 0.3) is 0 Å². The Balaban J connectivity index is 2.07. The molecule has 2 aromatic rings. The average Bonchev–Trinajstić information content (AvgIpc) is 2.47. The molecule has 1 unspecified atom stereocenters. The van der Waals surface area contributed by atoms with E-state index in [1.807, 2.05) is 0 Å². The van der Waals surface area contributed by atoms with E-state index in [0.29, 0.717) is 23.1 Å². The van der Waals surface area contributed by atoms with E-state index in [2.05, 4.69) is 0 Å². The highest BCUT2D eigenvalue weighted by atomic mass is 19.4. The molecule has 0 fully saturated rings. The van der Waals surface area contributed by atoms with Crippen LogP contribution >= 0.6 is 0 Å². The topological polar surface area (TPSA) is 37.3 Å². The number of rotatable bonds is 1. The zero-order chi connectivity index (χ0) is 15.9. The number of benzene rings is 2. The van der Waals surface area contributed by atoms with Crippen molar-refractivity contribution in [3.05, 3.63) is 64.7 Å². The molecule has 0 aromatic heterocycles. The molecule has 1 aliphatic rings. The van der Waals surface area contributed by atoms with Crippen LogP contribution in [0.3, 0.4) is 0 Å². The molecule has 1 N–H and O–H groups in total. The molecule has 3 rings (SSSR count). The standard InChI is InChI=1S/C17H13F3O2/c18-17(19,20)11-3-1-2-10(8-11)13-6-7-16(22)15-9-12(21)4-5-14(13)15/h1-5,8-9,13,21H,6-7H2. The highest BCUT2D eigenvalue weighted by Crippen LogP contribution is 2.39. The van der Waals surface area contributed by atoms with Gasteiger partial charge in [0, 0.05) is 17.9 Å². The van der Waals surface area contributed by atoms with Gasteiger partial charge in [0.25, 0.3) is 0 Å². The zero-order valence-corrected chi connectivity index (χ0v) is 11.5. The molecular formula is C17H13F3O2. The minimum Gasteiger partial charge on any atom is -0.508 e. The predicted molar refractivity (Wildman–Crippen MR) is 75.0 cm³/mol. The van der Waals surface area contributed by atoms with Gasteiger partial charge in [-0.15, -0.1) is 0 Å². The molecule has 1 aliphatic carbocycles. The van der Waals surface area contributed by atoms with Crippen molar-refractivity contribution in [1.82, 2.24) is 0 Å². The van der Waals surface area contributed by atoms with Gasteiger partial charge in [-0.25, -0.2) is 0 Å². The van der Waals surface area contributed by atoms with E-state index in [-0.39, 0.29) is 23.9 Å². The minimum atomic E-state index is -4.39. The second-order valence-electron chi connectivity index (χ2n) is 5.41. The Morgan fingerprint density at radius 2 is 1.86 bits per heavy atom. The monoisotopic (exact) mass is 306 g/mol. The third-order valence-corrected chi connectivity index (χ3v) is 3.99. The van der Waals surface area contributed by atoms with Crippen LogP contribution in [-0.2, 0) is 6.18 Å². The van der Waals surface area contributed by atoms with E-state index in [4.69, 9.17) is 0 Å². The van der Waals surface area contributed by atoms with Crippen LogP contribution in [0.5, 0.6) is 5.75 Å². The Bertz CT molecular complexity index is 735. The summed E-state index contributed by atoms with van der Waals surface area (Å²) in [6.45, 7) is 0. The summed E-state index contributed by atoms with van der Waals surface area (Å²) in [5, 5.41) is 9.51. The summed E-state index contributed by atoms with van der Waals surface area (Å²) in [7, 11) is 0. The van der Waals surface area contributed by atoms with Gasteiger partial charge >= 0.3 is 6.18 Å². The van der Waals surface area contributed by atoms with Crippen molar-refractivity contribution in [3.8, 4) is 5.75 Å². The number of Topliss-reactive ketones (excluding diaryl/α,β-unsaturated/α-hetero) is 1. The molecule has 22 heavy (non-hydrogen) atoms. The molecule has 0 amide bonds. The lowest BCUT2D eigenvalue weighted by molar-refractivity contribution is -0.137. The number of alkyl halides is 3. The fourth-order valence-corrected chi connectivity index (χ4v) is 2.93. The number of aromatic hydroxyl groups is 1. The maximum Gasteiger partial charge on any atom is 0.416 e. The third-order valence-electron chi connectivity index (χ3n) is 3.99. The Morgan fingerprint density at radius 3 is 2.59 bits per heavy atom. The van der Waals surface area contributed by atoms with E-state index in [1.165, 1.54) is 18.2 Å². The lowest BCUT2D eigenvalue weighted by Crippen LogP contribution is -2.17. The molecule has 0 saturated carbocycles. The molecule has 2 aromatic carbocycles. The maximum absolute atomic E-state index is 12.9. The molecule has 2 nitrogen and oxygen atoms in total. The Labute approximate surface area is 125 Å². The molecule has 1 atom stereocenters. The van der Waals surface area contributed by atoms with Crippen molar-refractivity contribution in [2.75, 3.05) is 0 Å². The SMILES string of the molecule is O=C1CCC(c2cccc(C(F)(F)F)c2)c2ccc(O)cc21. The number of carbonyl (C=O) groups excluding carboxylic acids is 1. The molecule has 0 heterocycles. The molecule has 0 aliphatic heterocycles. The van der Waals surface area contributed by atoms with Crippen LogP contribution in [0.2, 0.25) is 0 Å². The summed E-state index contributed by atoms with van der Waals surface area (Å²) in [6, 6.07) is 9.66. The van der Waals surface area contributed by atoms with Gasteiger partial charge in [-0.05, 0) is 35.7 Å². The number of carbonyl (C=O) groups is 1. The van der Waals surface area contributed by atoms with Gasteiger partial charge in [0.1, 0.15) is 5.75 Å². The summed E-state index contributed by atoms with van der Waals surface area (Å²) >= 11 is 0. The fraction of sp³-hybridized carbons (Fsp3) is 0.235. The fourth-order valence-electron chi connectivity index (χ4n) is 2.93. The molecule has 5 heteroatoms. The summed E-state index contributed by atoms with van der Waals surface area (Å²) in [6.07, 6.45) is -3.66. The van der Waals surface area contributed by atoms with Gasteiger partial charge in [-0.2, -0.15) is 13.2 Å². The van der Waals surface area contributed by atoms with Crippen LogP contribution in [0, 0.1) is 0 Å². The number of phenols is 1. The molecule has 0 bridgehead atoms. The largest absolute Gasteiger partial charge is 0.508 e. The van der Waals surface area contributed by atoms with E-state index in [0.717, 1.165) is 12.1 Å². The first-order valence-electron chi connectivity index (χ1n) is 6.89. The first kappa shape index (κ1) is 14.6. The van der Waals surface area contributed by atoms with Crippen LogP contribution in [0.4, 0.5) is 13.2 Å². The third kappa shape index (κ3) is 2.58. The van der Waals surface area contributed by atoms with Crippen molar-refractivity contribution in [1.29, 1.82) is 0 Å². The van der Waals surface area contributed by atoms with Crippen LogP contribution < -0.4 is 0 Å². The lowest BCUT2D eigenvalue weighted by atomic mass is 9.78. The quantitative estimate of drug-likeness (QED) is 0.841. The molecule has 0 radical (unpaired) electrons. The highest BCUT2D eigenvalue weighted by Gasteiger charge is 2.32. The molecule has 0 saturated heterocycles. The normalized spacial score (nSPS) is 18.1. The first-order valence-corrected chi connectivity index (χ1v) is 6.89. The minimum absolute atomic E-state index is 0.0169. The molecule has 0 spiro atoms. The van der Waals surface area contributed by atoms with Crippen LogP contribution in [0.15, 0.2) is 42.5 Å². The van der Waals surface area contributed by atoms with E-state index in [1.54, 1.807) is 12.1 Å². The van der Waals surface area contributed by atoms with Gasteiger partial charge in [-0.1, -0.05) is 24.3 Å². The van der Waals surface area contributed by atoms with E-state index >= 15 is 0 Å². The molecule has 114 valence electrons. The van der Waals surface area contributed by atoms with Gasteiger partial charge in [0.2, 0.25) is 0 Å². The average molecular weight is 306 g/mol. The van der Waals surface area contributed by atoms with Gasteiger partial charge in [0.15, 0.2) is 5.78 Å². The number of fused-ring (bicyclic) bond motifs is 1. The number of ketones is 1. The first-order chi connectivity index (χ1) is 10.4. The smallest absolute Gasteiger partial charge is 0.416 e. The van der Waals surface area contributed by atoms with Gasteiger partial charge < -0.3 is 5.11 Å². The Hall–Kier alpha value is -2.30. The summed E-state index contributed by atoms with van der Waals surface area (Å²) in [4.78, 5) is 11.9. The Morgan fingerprint density at radius 1 is 1.09 bits per heavy atom.